The number of hydrogen-bond acceptors (Lipinski definition) is 5. The van der Waals surface area contributed by atoms with Gasteiger partial charge in [-0.15, -0.1) is 0 Å². The van der Waals surface area contributed by atoms with Gasteiger partial charge in [-0.1, -0.05) is 6.07 Å². The van der Waals surface area contributed by atoms with Crippen LogP contribution in [0, 0.1) is 5.92 Å². The summed E-state index contributed by atoms with van der Waals surface area (Å²) in [5, 5.41) is 3.46. The van der Waals surface area contributed by atoms with Gasteiger partial charge in [0.05, 0.1) is 4.75 Å². The average Bonchev–Trinajstić information content (AvgIpc) is 2.58. The largest absolute Gasteiger partial charge is 0.467 e. The van der Waals surface area contributed by atoms with Crippen LogP contribution in [-0.4, -0.2) is 39.7 Å². The van der Waals surface area contributed by atoms with Crippen molar-refractivity contribution in [1.82, 2.24) is 4.72 Å². The molecule has 0 heterocycles. The Balaban J connectivity index is 1.77. The van der Waals surface area contributed by atoms with E-state index in [0.29, 0.717) is 5.92 Å². The molecule has 0 aliphatic heterocycles. The second-order valence-electron chi connectivity index (χ2n) is 7.91. The first-order valence-corrected chi connectivity index (χ1v) is 10.7. The predicted octanol–water partition coefficient (Wildman–Crippen LogP) is 3.36. The normalized spacial score (nSPS) is 21.4. The number of methoxy groups -OCH3 is 1. The van der Waals surface area contributed by atoms with Gasteiger partial charge in [-0.3, -0.25) is 0 Å². The van der Waals surface area contributed by atoms with Gasteiger partial charge < -0.3 is 14.8 Å². The smallest absolute Gasteiger partial charge is 0.216 e. The topological polar surface area (TPSA) is 76.7 Å². The highest BCUT2D eigenvalue weighted by atomic mass is 32.2. The number of sulfonamides is 1. The number of nitrogens with one attached hydrogen (secondary N) is 2. The van der Waals surface area contributed by atoms with Gasteiger partial charge in [0.1, 0.15) is 5.75 Å². The average molecular weight is 385 g/mol. The zero-order valence-electron chi connectivity index (χ0n) is 16.2. The Kier molecular flexibility index (Phi) is 7.32. The third kappa shape index (κ3) is 6.14. The zero-order chi connectivity index (χ0) is 19.2. The molecule has 0 saturated heterocycles. The predicted molar refractivity (Wildman–Crippen MR) is 105 cm³/mol. The van der Waals surface area contributed by atoms with Crippen LogP contribution in [0.4, 0.5) is 5.69 Å². The minimum atomic E-state index is -3.27. The molecule has 1 aromatic carbocycles. The van der Waals surface area contributed by atoms with E-state index in [0.717, 1.165) is 43.7 Å². The molecule has 26 heavy (non-hydrogen) atoms. The first-order valence-electron chi connectivity index (χ1n) is 9.19. The molecule has 2 N–H and O–H groups in total. The van der Waals surface area contributed by atoms with Gasteiger partial charge >= 0.3 is 0 Å². The molecule has 0 unspecified atom stereocenters. The van der Waals surface area contributed by atoms with E-state index in [1.807, 2.05) is 24.3 Å². The Morgan fingerprint density at radius 3 is 2.46 bits per heavy atom. The summed E-state index contributed by atoms with van der Waals surface area (Å²) in [6.07, 6.45) is 3.81. The van der Waals surface area contributed by atoms with E-state index in [1.165, 1.54) is 0 Å². The molecule has 0 radical (unpaired) electrons. The maximum atomic E-state index is 12.3. The number of anilines is 1. The van der Waals surface area contributed by atoms with Crippen LogP contribution in [0.25, 0.3) is 0 Å². The van der Waals surface area contributed by atoms with Crippen LogP contribution in [0.5, 0.6) is 5.75 Å². The molecule has 0 spiro atoms. The monoisotopic (exact) mass is 384 g/mol. The van der Waals surface area contributed by atoms with Gasteiger partial charge in [0.25, 0.3) is 0 Å². The summed E-state index contributed by atoms with van der Waals surface area (Å²) < 4.78 is 37.0. The lowest BCUT2D eigenvalue weighted by Crippen LogP contribution is -2.46. The van der Waals surface area contributed by atoms with Crippen molar-refractivity contribution >= 4 is 15.7 Å². The van der Waals surface area contributed by atoms with Crippen molar-refractivity contribution in [3.05, 3.63) is 24.3 Å². The Labute approximate surface area is 157 Å². The molecule has 1 saturated carbocycles. The van der Waals surface area contributed by atoms with E-state index in [2.05, 4.69) is 10.0 Å². The summed E-state index contributed by atoms with van der Waals surface area (Å²) in [7, 11) is -1.68. The van der Waals surface area contributed by atoms with Gasteiger partial charge in [-0.25, -0.2) is 13.1 Å². The first-order chi connectivity index (χ1) is 12.2. The molecule has 1 fully saturated rings. The van der Waals surface area contributed by atoms with Gasteiger partial charge in [0.15, 0.2) is 6.79 Å². The van der Waals surface area contributed by atoms with E-state index in [-0.39, 0.29) is 12.8 Å². The SMILES string of the molecule is COCOc1cccc(NC[C@H]2CC[C@H](NS(=O)(=O)C(C)(C)C)CC2)c1. The fourth-order valence-electron chi connectivity index (χ4n) is 2.97. The summed E-state index contributed by atoms with van der Waals surface area (Å²) in [6, 6.07) is 7.88. The third-order valence-corrected chi connectivity index (χ3v) is 7.00. The molecule has 0 aromatic heterocycles. The van der Waals surface area contributed by atoms with Crippen LogP contribution >= 0.6 is 0 Å². The number of hydrogen-bond donors (Lipinski definition) is 2. The fraction of sp³-hybridized carbons (Fsp3) is 0.684. The molecule has 6 nitrogen and oxygen atoms in total. The van der Waals surface area contributed by atoms with Crippen LogP contribution in [-0.2, 0) is 14.8 Å². The standard InChI is InChI=1S/C19H32N2O4S/c1-19(2,3)26(22,23)21-16-10-8-15(9-11-16)13-20-17-6-5-7-18(12-17)25-14-24-4/h5-7,12,15-16,20-21H,8-11,13-14H2,1-4H3/t15-,16-. The van der Waals surface area contributed by atoms with Crippen molar-refractivity contribution in [2.45, 2.75) is 57.2 Å². The second kappa shape index (κ2) is 9.06. The molecule has 0 bridgehead atoms. The lowest BCUT2D eigenvalue weighted by atomic mass is 9.86. The highest BCUT2D eigenvalue weighted by Crippen LogP contribution is 2.27. The van der Waals surface area contributed by atoms with Crippen LogP contribution in [0.3, 0.4) is 0 Å². The Bertz CT molecular complexity index is 662. The molecule has 0 amide bonds. The van der Waals surface area contributed by atoms with Crippen LogP contribution in [0.2, 0.25) is 0 Å². The minimum absolute atomic E-state index is 0.0567. The lowest BCUT2D eigenvalue weighted by molar-refractivity contribution is 0.0512. The van der Waals surface area contributed by atoms with Gasteiger partial charge in [0, 0.05) is 31.5 Å². The summed E-state index contributed by atoms with van der Waals surface area (Å²) in [6.45, 7) is 6.31. The Morgan fingerprint density at radius 2 is 1.85 bits per heavy atom. The van der Waals surface area contributed by atoms with Crippen molar-refractivity contribution in [3.8, 4) is 5.75 Å². The summed E-state index contributed by atoms with van der Waals surface area (Å²) >= 11 is 0. The van der Waals surface area contributed by atoms with E-state index >= 15 is 0 Å². The molecular weight excluding hydrogens is 352 g/mol. The Hall–Kier alpha value is -1.31. The number of rotatable bonds is 8. The molecule has 2 rings (SSSR count). The van der Waals surface area contributed by atoms with Crippen molar-refractivity contribution in [2.75, 3.05) is 25.8 Å². The second-order valence-corrected chi connectivity index (χ2v) is 10.4. The number of ether oxygens (including phenoxy) is 2. The summed E-state index contributed by atoms with van der Waals surface area (Å²) in [4.78, 5) is 0. The maximum Gasteiger partial charge on any atom is 0.216 e. The van der Waals surface area contributed by atoms with Crippen molar-refractivity contribution in [2.24, 2.45) is 5.92 Å². The molecule has 1 aliphatic rings. The molecule has 148 valence electrons. The molecule has 1 aromatic rings. The maximum absolute atomic E-state index is 12.3. The fourth-order valence-corrected chi connectivity index (χ4v) is 3.99. The highest BCUT2D eigenvalue weighted by Gasteiger charge is 2.32. The molecule has 0 atom stereocenters. The zero-order valence-corrected chi connectivity index (χ0v) is 17.1. The van der Waals surface area contributed by atoms with E-state index in [9.17, 15) is 8.42 Å². The first kappa shape index (κ1) is 21.0. The van der Waals surface area contributed by atoms with Gasteiger partial charge in [-0.05, 0) is 64.5 Å². The van der Waals surface area contributed by atoms with E-state index in [1.54, 1.807) is 27.9 Å². The minimum Gasteiger partial charge on any atom is -0.467 e. The quantitative estimate of drug-likeness (QED) is 0.672. The number of benzene rings is 1. The van der Waals surface area contributed by atoms with Gasteiger partial charge in [-0.2, -0.15) is 0 Å². The molecular formula is C19H32N2O4S. The summed E-state index contributed by atoms with van der Waals surface area (Å²) in [5.74, 6) is 1.33. The van der Waals surface area contributed by atoms with E-state index < -0.39 is 14.8 Å². The van der Waals surface area contributed by atoms with Gasteiger partial charge in [0.2, 0.25) is 10.0 Å². The Morgan fingerprint density at radius 1 is 1.15 bits per heavy atom. The third-order valence-electron chi connectivity index (χ3n) is 4.75. The van der Waals surface area contributed by atoms with Crippen molar-refractivity contribution in [3.63, 3.8) is 0 Å². The van der Waals surface area contributed by atoms with Crippen LogP contribution in [0.15, 0.2) is 24.3 Å². The van der Waals surface area contributed by atoms with E-state index in [4.69, 9.17) is 9.47 Å². The molecule has 1 aliphatic carbocycles. The highest BCUT2D eigenvalue weighted by molar-refractivity contribution is 7.90. The van der Waals surface area contributed by atoms with Crippen LogP contribution in [0.1, 0.15) is 46.5 Å². The summed E-state index contributed by atoms with van der Waals surface area (Å²) in [5.41, 5.74) is 1.02. The van der Waals surface area contributed by atoms with Crippen molar-refractivity contribution in [1.29, 1.82) is 0 Å². The van der Waals surface area contributed by atoms with Crippen molar-refractivity contribution < 1.29 is 17.9 Å². The lowest BCUT2D eigenvalue weighted by Gasteiger charge is -2.31. The molecule has 7 heteroatoms. The van der Waals surface area contributed by atoms with Crippen LogP contribution < -0.4 is 14.8 Å².